The van der Waals surface area contributed by atoms with E-state index in [9.17, 15) is 14.4 Å². The third-order valence-corrected chi connectivity index (χ3v) is 4.01. The van der Waals surface area contributed by atoms with Crippen molar-refractivity contribution in [2.24, 2.45) is 0 Å². The molecule has 1 aliphatic heterocycles. The second kappa shape index (κ2) is 13.5. The van der Waals surface area contributed by atoms with Crippen molar-refractivity contribution in [1.82, 2.24) is 14.7 Å². The molecule has 9 heteroatoms. The molecule has 0 saturated carbocycles. The van der Waals surface area contributed by atoms with Crippen molar-refractivity contribution in [3.63, 3.8) is 0 Å². The molecule has 1 rings (SSSR count). The standard InChI is InChI=1S/C18H33N3O6/c1-4-25-16(22)7-10-19-13-20(11-8-17(23)26-5-2)15-21(14-19)12-9-18(24)27-6-3/h4-15H2,1-3H3. The topological polar surface area (TPSA) is 88.6 Å². The van der Waals surface area contributed by atoms with Crippen LogP contribution in [-0.2, 0) is 28.6 Å². The van der Waals surface area contributed by atoms with Crippen LogP contribution in [-0.4, -0.2) is 92.1 Å². The molecule has 1 aliphatic rings. The van der Waals surface area contributed by atoms with Gasteiger partial charge in [0.2, 0.25) is 0 Å². The molecule has 0 atom stereocenters. The molecule has 0 aromatic carbocycles. The first-order valence-corrected chi connectivity index (χ1v) is 9.62. The lowest BCUT2D eigenvalue weighted by Gasteiger charge is -2.42. The second-order valence-corrected chi connectivity index (χ2v) is 6.27. The van der Waals surface area contributed by atoms with E-state index in [1.807, 2.05) is 0 Å². The Kier molecular flexibility index (Phi) is 11.6. The van der Waals surface area contributed by atoms with E-state index in [1.54, 1.807) is 20.8 Å². The minimum atomic E-state index is -0.223. The highest BCUT2D eigenvalue weighted by Crippen LogP contribution is 2.10. The first-order valence-electron chi connectivity index (χ1n) is 9.62. The van der Waals surface area contributed by atoms with E-state index >= 15 is 0 Å². The van der Waals surface area contributed by atoms with E-state index in [0.29, 0.717) is 78.7 Å². The van der Waals surface area contributed by atoms with Gasteiger partial charge in [0.05, 0.1) is 59.1 Å². The van der Waals surface area contributed by atoms with Gasteiger partial charge in [0, 0.05) is 19.6 Å². The van der Waals surface area contributed by atoms with Crippen molar-refractivity contribution >= 4 is 17.9 Å². The fraction of sp³-hybridized carbons (Fsp3) is 0.833. The van der Waals surface area contributed by atoms with E-state index in [2.05, 4.69) is 14.7 Å². The zero-order chi connectivity index (χ0) is 20.1. The Morgan fingerprint density at radius 1 is 0.593 bits per heavy atom. The predicted octanol–water partition coefficient (Wildman–Crippen LogP) is 0.638. The third kappa shape index (κ3) is 10.3. The Balaban J connectivity index is 2.55. The van der Waals surface area contributed by atoms with Crippen LogP contribution < -0.4 is 0 Å². The molecule has 0 N–H and O–H groups in total. The maximum Gasteiger partial charge on any atom is 0.307 e. The highest BCUT2D eigenvalue weighted by Gasteiger charge is 2.24. The fourth-order valence-corrected chi connectivity index (χ4v) is 2.85. The summed E-state index contributed by atoms with van der Waals surface area (Å²) in [6.45, 7) is 10.1. The van der Waals surface area contributed by atoms with Crippen LogP contribution in [0.3, 0.4) is 0 Å². The fourth-order valence-electron chi connectivity index (χ4n) is 2.85. The molecule has 1 saturated heterocycles. The van der Waals surface area contributed by atoms with Crippen LogP contribution in [0.1, 0.15) is 40.0 Å². The molecule has 0 radical (unpaired) electrons. The van der Waals surface area contributed by atoms with Crippen molar-refractivity contribution in [1.29, 1.82) is 0 Å². The summed E-state index contributed by atoms with van der Waals surface area (Å²) in [6.07, 6.45) is 0.932. The van der Waals surface area contributed by atoms with Gasteiger partial charge in [0.25, 0.3) is 0 Å². The molecule has 0 spiro atoms. The summed E-state index contributed by atoms with van der Waals surface area (Å²) in [4.78, 5) is 41.2. The Hall–Kier alpha value is -1.71. The lowest BCUT2D eigenvalue weighted by Crippen LogP contribution is -2.55. The minimum Gasteiger partial charge on any atom is -0.466 e. The molecule has 0 aliphatic carbocycles. The molecule has 1 heterocycles. The van der Waals surface area contributed by atoms with Crippen LogP contribution in [0.2, 0.25) is 0 Å². The van der Waals surface area contributed by atoms with Gasteiger partial charge in [-0.3, -0.25) is 29.1 Å². The molecule has 156 valence electrons. The highest BCUT2D eigenvalue weighted by molar-refractivity contribution is 5.70. The molecule has 0 unspecified atom stereocenters. The molecule has 1 fully saturated rings. The van der Waals surface area contributed by atoms with Crippen molar-refractivity contribution < 1.29 is 28.6 Å². The predicted molar refractivity (Wildman–Crippen MR) is 98.5 cm³/mol. The van der Waals surface area contributed by atoms with Gasteiger partial charge in [0.15, 0.2) is 0 Å². The maximum atomic E-state index is 11.6. The lowest BCUT2D eigenvalue weighted by atomic mass is 10.3. The third-order valence-electron chi connectivity index (χ3n) is 4.01. The minimum absolute atomic E-state index is 0.223. The van der Waals surface area contributed by atoms with Crippen molar-refractivity contribution in [3.8, 4) is 0 Å². The van der Waals surface area contributed by atoms with E-state index in [1.165, 1.54) is 0 Å². The first-order chi connectivity index (χ1) is 13.0. The highest BCUT2D eigenvalue weighted by atomic mass is 16.5. The van der Waals surface area contributed by atoms with Crippen LogP contribution in [0, 0.1) is 0 Å². The monoisotopic (exact) mass is 387 g/mol. The summed E-state index contributed by atoms with van der Waals surface area (Å²) >= 11 is 0. The maximum absolute atomic E-state index is 11.6. The Bertz CT molecular complexity index is 401. The van der Waals surface area contributed by atoms with Crippen molar-refractivity contribution in [2.75, 3.05) is 59.5 Å². The zero-order valence-electron chi connectivity index (χ0n) is 16.8. The van der Waals surface area contributed by atoms with Crippen LogP contribution in [0.25, 0.3) is 0 Å². The van der Waals surface area contributed by atoms with Gasteiger partial charge >= 0.3 is 17.9 Å². The van der Waals surface area contributed by atoms with Gasteiger partial charge < -0.3 is 14.2 Å². The summed E-state index contributed by atoms with van der Waals surface area (Å²) in [5, 5.41) is 0. The Labute approximate surface area is 161 Å². The molecule has 0 amide bonds. The quantitative estimate of drug-likeness (QED) is 0.353. The van der Waals surface area contributed by atoms with Gasteiger partial charge in [-0.2, -0.15) is 0 Å². The van der Waals surface area contributed by atoms with Gasteiger partial charge in [-0.05, 0) is 20.8 Å². The molecule has 0 aromatic heterocycles. The number of carbonyl (C=O) groups is 3. The number of hydrogen-bond donors (Lipinski definition) is 0. The van der Waals surface area contributed by atoms with E-state index in [4.69, 9.17) is 14.2 Å². The van der Waals surface area contributed by atoms with Gasteiger partial charge in [0.1, 0.15) is 0 Å². The number of esters is 3. The van der Waals surface area contributed by atoms with Crippen LogP contribution in [0.4, 0.5) is 0 Å². The van der Waals surface area contributed by atoms with E-state index < -0.39 is 0 Å². The molecule has 27 heavy (non-hydrogen) atoms. The van der Waals surface area contributed by atoms with Gasteiger partial charge in [-0.1, -0.05) is 0 Å². The van der Waals surface area contributed by atoms with E-state index in [0.717, 1.165) is 0 Å². The largest absolute Gasteiger partial charge is 0.466 e. The van der Waals surface area contributed by atoms with Crippen LogP contribution in [0.5, 0.6) is 0 Å². The van der Waals surface area contributed by atoms with Gasteiger partial charge in [-0.15, -0.1) is 0 Å². The smallest absolute Gasteiger partial charge is 0.307 e. The normalized spacial score (nSPS) is 16.1. The van der Waals surface area contributed by atoms with Crippen molar-refractivity contribution in [3.05, 3.63) is 0 Å². The summed E-state index contributed by atoms with van der Waals surface area (Å²) in [5.74, 6) is -0.669. The summed E-state index contributed by atoms with van der Waals surface area (Å²) in [7, 11) is 0. The molecule has 0 aromatic rings. The molecular weight excluding hydrogens is 354 g/mol. The summed E-state index contributed by atoms with van der Waals surface area (Å²) in [6, 6.07) is 0. The Morgan fingerprint density at radius 2 is 0.852 bits per heavy atom. The molecule has 9 nitrogen and oxygen atoms in total. The van der Waals surface area contributed by atoms with Crippen LogP contribution in [0.15, 0.2) is 0 Å². The van der Waals surface area contributed by atoms with E-state index in [-0.39, 0.29) is 17.9 Å². The van der Waals surface area contributed by atoms with Crippen molar-refractivity contribution in [2.45, 2.75) is 40.0 Å². The van der Waals surface area contributed by atoms with Gasteiger partial charge in [-0.25, -0.2) is 0 Å². The number of ether oxygens (including phenoxy) is 3. The first kappa shape index (κ1) is 23.3. The number of hydrogen-bond acceptors (Lipinski definition) is 9. The SMILES string of the molecule is CCOC(=O)CCN1CN(CCC(=O)OCC)CN(CCC(=O)OCC)C1. The molecule has 0 bridgehead atoms. The number of nitrogens with zero attached hydrogens (tertiary/aromatic N) is 3. The van der Waals surface area contributed by atoms with Crippen LogP contribution >= 0.6 is 0 Å². The lowest BCUT2D eigenvalue weighted by molar-refractivity contribution is -0.144. The summed E-state index contributed by atoms with van der Waals surface area (Å²) in [5.41, 5.74) is 0. The Morgan fingerprint density at radius 3 is 1.07 bits per heavy atom. The zero-order valence-corrected chi connectivity index (χ0v) is 16.8. The number of carbonyl (C=O) groups excluding carboxylic acids is 3. The molecular formula is C18H33N3O6. The average Bonchev–Trinajstić information content (AvgIpc) is 2.64. The number of rotatable bonds is 12. The summed E-state index contributed by atoms with van der Waals surface area (Å²) < 4.78 is 14.9. The second-order valence-electron chi connectivity index (χ2n) is 6.27. The average molecular weight is 387 g/mol.